The van der Waals surface area contributed by atoms with Crippen LogP contribution in [0.1, 0.15) is 46.5 Å². The van der Waals surface area contributed by atoms with E-state index in [1.807, 2.05) is 32.1 Å². The second-order valence-electron chi connectivity index (χ2n) is 7.54. The van der Waals surface area contributed by atoms with Gasteiger partial charge < -0.3 is 21.1 Å². The molecule has 0 aromatic heterocycles. The Balaban J connectivity index is 2.98. The number of nitrogens with one attached hydrogen (secondary N) is 1. The summed E-state index contributed by atoms with van der Waals surface area (Å²) in [5, 5.41) is 22.1. The maximum atomic E-state index is 12.2. The Labute approximate surface area is 180 Å². The molecule has 1 unspecified atom stereocenters. The van der Waals surface area contributed by atoms with E-state index in [-0.39, 0.29) is 31.0 Å². The first-order valence-corrected chi connectivity index (χ1v) is 10.6. The van der Waals surface area contributed by atoms with Crippen molar-refractivity contribution >= 4 is 18.0 Å². The molecular weight excluding hydrogens is 380 g/mol. The van der Waals surface area contributed by atoms with Crippen molar-refractivity contribution in [3.05, 3.63) is 23.9 Å². The van der Waals surface area contributed by atoms with Gasteiger partial charge in [0.15, 0.2) is 0 Å². The number of piperidine rings is 1. The topological polar surface area (TPSA) is 127 Å². The summed E-state index contributed by atoms with van der Waals surface area (Å²) in [6, 6.07) is 1.85. The molecule has 166 valence electrons. The highest BCUT2D eigenvalue weighted by Gasteiger charge is 2.28. The van der Waals surface area contributed by atoms with E-state index < -0.39 is 0 Å². The fourth-order valence-corrected chi connectivity index (χ4v) is 3.56. The van der Waals surface area contributed by atoms with Crippen LogP contribution in [0.15, 0.2) is 33.9 Å². The number of carbonyl (C=O) groups excluding carboxylic acids is 1. The number of aliphatic imine (C=N–C) groups is 2. The Morgan fingerprint density at radius 3 is 2.80 bits per heavy atom. The lowest BCUT2D eigenvalue weighted by molar-refractivity contribution is -0.132. The minimum atomic E-state index is -0.206. The minimum Gasteiger partial charge on any atom is -0.390 e. The summed E-state index contributed by atoms with van der Waals surface area (Å²) in [5.41, 5.74) is 7.01. The summed E-state index contributed by atoms with van der Waals surface area (Å²) in [6.45, 7) is 7.86. The predicted octanol–water partition coefficient (Wildman–Crippen LogP) is 1.78. The van der Waals surface area contributed by atoms with E-state index in [1.54, 1.807) is 11.1 Å². The van der Waals surface area contributed by atoms with Crippen LogP contribution in [-0.4, -0.2) is 66.3 Å². The Morgan fingerprint density at radius 2 is 2.20 bits per heavy atom. The molecule has 1 amide bonds. The first-order chi connectivity index (χ1) is 14.5. The highest BCUT2D eigenvalue weighted by molar-refractivity contribution is 5.96. The van der Waals surface area contributed by atoms with E-state index in [0.717, 1.165) is 24.8 Å². The number of aliphatic hydroxyl groups excluding tert-OH is 1. The van der Waals surface area contributed by atoms with Crippen LogP contribution in [-0.2, 0) is 4.79 Å². The molecule has 0 aromatic carbocycles. The lowest BCUT2D eigenvalue weighted by Crippen LogP contribution is -2.52. The van der Waals surface area contributed by atoms with Crippen LogP contribution in [0.25, 0.3) is 0 Å². The van der Waals surface area contributed by atoms with Gasteiger partial charge in [0, 0.05) is 31.9 Å². The summed E-state index contributed by atoms with van der Waals surface area (Å²) in [5.74, 6) is 0.230. The molecule has 1 saturated heterocycles. The number of nitrogens with zero attached hydrogens (tertiary/aromatic N) is 4. The van der Waals surface area contributed by atoms with Crippen LogP contribution in [0.5, 0.6) is 0 Å². The first kappa shape index (κ1) is 25.5. The standard InChI is InChI=1S/C22H36N6O2/c1-4-6-7-19(15-29)27-21(18(5-2)11-25-16-24)12-26-20-10-17(3)13-28(14-20)22(30)8-9-23/h6-7,11,16-17,20-21,26,29H,4-5,8,10,12-15H2,1-3H3,(H2,24,25)/b7-6-,18-11+,27-19+/t17-,20+,21?/m0/s1. The molecule has 1 aliphatic heterocycles. The van der Waals surface area contributed by atoms with E-state index in [4.69, 9.17) is 16.0 Å². The molecule has 1 aliphatic rings. The molecule has 0 aromatic rings. The van der Waals surface area contributed by atoms with Crippen LogP contribution in [0, 0.1) is 17.2 Å². The number of hydrogen-bond acceptors (Lipinski definition) is 6. The van der Waals surface area contributed by atoms with Crippen LogP contribution in [0.3, 0.4) is 0 Å². The molecule has 0 radical (unpaired) electrons. The highest BCUT2D eigenvalue weighted by atomic mass is 16.3. The van der Waals surface area contributed by atoms with Crippen molar-refractivity contribution in [3.63, 3.8) is 0 Å². The molecule has 3 atom stereocenters. The van der Waals surface area contributed by atoms with Crippen LogP contribution >= 0.6 is 0 Å². The molecule has 8 nitrogen and oxygen atoms in total. The van der Waals surface area contributed by atoms with Gasteiger partial charge in [0.05, 0.1) is 30.8 Å². The van der Waals surface area contributed by atoms with Crippen molar-refractivity contribution < 1.29 is 9.90 Å². The van der Waals surface area contributed by atoms with Crippen LogP contribution in [0.4, 0.5) is 0 Å². The molecule has 4 N–H and O–H groups in total. The molecule has 30 heavy (non-hydrogen) atoms. The molecule has 1 heterocycles. The van der Waals surface area contributed by atoms with Gasteiger partial charge in [0.25, 0.3) is 0 Å². The van der Waals surface area contributed by atoms with Crippen molar-refractivity contribution in [2.24, 2.45) is 21.6 Å². The van der Waals surface area contributed by atoms with Gasteiger partial charge >= 0.3 is 0 Å². The SMILES string of the molecule is CC/C=C\C(CO)=N/C(CN[C@@H]1C[C@H](C)CN(C(=O)CC#N)C1)/C(=C/N=C/N)CC. The summed E-state index contributed by atoms with van der Waals surface area (Å²) in [7, 11) is 0. The fraction of sp³-hybridized carbons (Fsp3) is 0.636. The zero-order valence-corrected chi connectivity index (χ0v) is 18.4. The second kappa shape index (κ2) is 14.5. The largest absolute Gasteiger partial charge is 0.390 e. The minimum absolute atomic E-state index is 0.0875. The van der Waals surface area contributed by atoms with Gasteiger partial charge in [-0.25, -0.2) is 4.99 Å². The molecule has 8 heteroatoms. The van der Waals surface area contributed by atoms with E-state index in [0.29, 0.717) is 31.3 Å². The predicted molar refractivity (Wildman–Crippen MR) is 121 cm³/mol. The van der Waals surface area contributed by atoms with Gasteiger partial charge in [0.2, 0.25) is 5.91 Å². The fourth-order valence-electron chi connectivity index (χ4n) is 3.56. The quantitative estimate of drug-likeness (QED) is 0.349. The summed E-state index contributed by atoms with van der Waals surface area (Å²) in [6.07, 6.45) is 9.25. The molecular formula is C22H36N6O2. The zero-order valence-electron chi connectivity index (χ0n) is 18.4. The van der Waals surface area contributed by atoms with Crippen molar-refractivity contribution in [2.45, 2.75) is 58.5 Å². The number of hydrogen-bond donors (Lipinski definition) is 3. The zero-order chi connectivity index (χ0) is 22.4. The Morgan fingerprint density at radius 1 is 1.43 bits per heavy atom. The van der Waals surface area contributed by atoms with Crippen LogP contribution in [0.2, 0.25) is 0 Å². The average molecular weight is 417 g/mol. The number of allylic oxidation sites excluding steroid dienone is 1. The molecule has 1 fully saturated rings. The summed E-state index contributed by atoms with van der Waals surface area (Å²) >= 11 is 0. The number of carbonyl (C=O) groups is 1. The molecule has 0 spiro atoms. The third kappa shape index (κ3) is 8.89. The van der Waals surface area contributed by atoms with E-state index in [9.17, 15) is 9.90 Å². The van der Waals surface area contributed by atoms with Gasteiger partial charge in [-0.1, -0.05) is 26.8 Å². The number of rotatable bonds is 11. The van der Waals surface area contributed by atoms with Gasteiger partial charge in [-0.15, -0.1) is 0 Å². The Kier molecular flexibility index (Phi) is 12.3. The summed E-state index contributed by atoms with van der Waals surface area (Å²) in [4.78, 5) is 22.7. The number of aliphatic hydroxyl groups is 1. The van der Waals surface area contributed by atoms with Crippen molar-refractivity contribution in [2.75, 3.05) is 26.2 Å². The van der Waals surface area contributed by atoms with E-state index >= 15 is 0 Å². The average Bonchev–Trinajstić information content (AvgIpc) is 2.74. The monoisotopic (exact) mass is 416 g/mol. The smallest absolute Gasteiger partial charge is 0.236 e. The number of likely N-dealkylation sites (tertiary alicyclic amines) is 1. The van der Waals surface area contributed by atoms with Crippen LogP contribution < -0.4 is 11.1 Å². The summed E-state index contributed by atoms with van der Waals surface area (Å²) < 4.78 is 0. The third-order valence-electron chi connectivity index (χ3n) is 5.03. The lowest BCUT2D eigenvalue weighted by atomic mass is 9.95. The maximum absolute atomic E-state index is 12.2. The van der Waals surface area contributed by atoms with Gasteiger partial charge in [-0.3, -0.25) is 9.79 Å². The maximum Gasteiger partial charge on any atom is 0.236 e. The van der Waals surface area contributed by atoms with Gasteiger partial charge in [-0.05, 0) is 36.8 Å². The van der Waals surface area contributed by atoms with Crippen molar-refractivity contribution in [1.29, 1.82) is 5.26 Å². The number of nitrogens with two attached hydrogens (primary N) is 1. The number of amides is 1. The third-order valence-corrected chi connectivity index (χ3v) is 5.03. The molecule has 0 saturated carbocycles. The van der Waals surface area contributed by atoms with Gasteiger partial charge in [-0.2, -0.15) is 5.26 Å². The Bertz CT molecular complexity index is 692. The van der Waals surface area contributed by atoms with Gasteiger partial charge in [0.1, 0.15) is 6.42 Å². The first-order valence-electron chi connectivity index (χ1n) is 10.6. The Hall–Kier alpha value is -2.50. The van der Waals surface area contributed by atoms with Crippen molar-refractivity contribution in [3.8, 4) is 6.07 Å². The molecule has 0 bridgehead atoms. The second-order valence-corrected chi connectivity index (χ2v) is 7.54. The molecule has 1 rings (SSSR count). The number of nitriles is 1. The van der Waals surface area contributed by atoms with E-state index in [2.05, 4.69) is 17.2 Å². The highest BCUT2D eigenvalue weighted by Crippen LogP contribution is 2.18. The normalized spacial score (nSPS) is 21.9. The van der Waals surface area contributed by atoms with Crippen molar-refractivity contribution in [1.82, 2.24) is 10.2 Å². The van der Waals surface area contributed by atoms with E-state index in [1.165, 1.54) is 6.34 Å². The molecule has 0 aliphatic carbocycles. The lowest BCUT2D eigenvalue weighted by Gasteiger charge is -2.37.